The minimum Gasteiger partial charge on any atom is -0.367 e. The van der Waals surface area contributed by atoms with Gasteiger partial charge in [-0.25, -0.2) is 0 Å². The van der Waals surface area contributed by atoms with Crippen molar-refractivity contribution >= 4 is 0 Å². The summed E-state index contributed by atoms with van der Waals surface area (Å²) in [6.45, 7) is 0.877. The van der Waals surface area contributed by atoms with Gasteiger partial charge in [0.2, 0.25) is 0 Å². The summed E-state index contributed by atoms with van der Waals surface area (Å²) in [5.41, 5.74) is 7.87. The molecule has 5 rings (SSSR count). The molecule has 1 heterocycles. The molecule has 4 fully saturated rings. The van der Waals surface area contributed by atoms with Gasteiger partial charge in [0.15, 0.2) is 0 Å². The van der Waals surface area contributed by atoms with Crippen molar-refractivity contribution in [3.8, 4) is 0 Å². The van der Waals surface area contributed by atoms with Gasteiger partial charge in [0.1, 0.15) is 0 Å². The van der Waals surface area contributed by atoms with Gasteiger partial charge in [-0.05, 0) is 92.2 Å². The molecule has 2 nitrogen and oxygen atoms in total. The predicted molar refractivity (Wildman–Crippen MR) is 77.8 cm³/mol. The summed E-state index contributed by atoms with van der Waals surface area (Å²) in [5, 5.41) is 0. The lowest BCUT2D eigenvalue weighted by atomic mass is 9.44. The SMILES string of the molecule is NCCCC1C2CC3CC1CC(c1cc[nH]c1)(C3)C2. The summed E-state index contributed by atoms with van der Waals surface area (Å²) >= 11 is 0. The normalized spacial score (nSPS) is 43.8. The molecular formula is C17H26N2. The molecule has 4 aliphatic rings. The first-order valence-electron chi connectivity index (χ1n) is 8.14. The number of hydrogen-bond acceptors (Lipinski definition) is 1. The molecule has 1 aromatic heterocycles. The lowest BCUT2D eigenvalue weighted by molar-refractivity contribution is -0.0593. The first kappa shape index (κ1) is 12.0. The Morgan fingerprint density at radius 2 is 2.00 bits per heavy atom. The maximum absolute atomic E-state index is 5.73. The average Bonchev–Trinajstić information content (AvgIpc) is 2.92. The van der Waals surface area contributed by atoms with Crippen LogP contribution in [0.3, 0.4) is 0 Å². The third kappa shape index (κ3) is 1.79. The zero-order valence-corrected chi connectivity index (χ0v) is 11.8. The highest BCUT2D eigenvalue weighted by Crippen LogP contribution is 2.63. The van der Waals surface area contributed by atoms with Crippen LogP contribution >= 0.6 is 0 Å². The molecule has 0 radical (unpaired) electrons. The van der Waals surface area contributed by atoms with E-state index in [1.165, 1.54) is 44.9 Å². The fourth-order valence-electron chi connectivity index (χ4n) is 5.96. The summed E-state index contributed by atoms with van der Waals surface area (Å²) in [4.78, 5) is 3.28. The van der Waals surface area contributed by atoms with Crippen LogP contribution in [-0.4, -0.2) is 11.5 Å². The quantitative estimate of drug-likeness (QED) is 0.853. The summed E-state index contributed by atoms with van der Waals surface area (Å²) in [7, 11) is 0. The van der Waals surface area contributed by atoms with Crippen molar-refractivity contribution in [1.82, 2.24) is 4.98 Å². The van der Waals surface area contributed by atoms with Crippen molar-refractivity contribution in [2.24, 2.45) is 29.4 Å². The molecule has 0 aromatic carbocycles. The maximum atomic E-state index is 5.73. The highest BCUT2D eigenvalue weighted by Gasteiger charge is 2.55. The lowest BCUT2D eigenvalue weighted by Gasteiger charge is -2.60. The minimum absolute atomic E-state index is 0.537. The van der Waals surface area contributed by atoms with Crippen LogP contribution in [0.5, 0.6) is 0 Å². The number of rotatable bonds is 4. The molecule has 4 bridgehead atoms. The van der Waals surface area contributed by atoms with Crippen molar-refractivity contribution in [2.45, 2.75) is 50.4 Å². The minimum atomic E-state index is 0.537. The van der Waals surface area contributed by atoms with E-state index in [9.17, 15) is 0 Å². The van der Waals surface area contributed by atoms with Gasteiger partial charge >= 0.3 is 0 Å². The molecule has 4 saturated carbocycles. The highest BCUT2D eigenvalue weighted by atomic mass is 14.7. The van der Waals surface area contributed by atoms with Crippen LogP contribution in [0.4, 0.5) is 0 Å². The van der Waals surface area contributed by atoms with E-state index >= 15 is 0 Å². The van der Waals surface area contributed by atoms with Crippen LogP contribution in [-0.2, 0) is 5.41 Å². The highest BCUT2D eigenvalue weighted by molar-refractivity contribution is 5.27. The second-order valence-electron chi connectivity index (χ2n) is 7.44. The van der Waals surface area contributed by atoms with E-state index in [-0.39, 0.29) is 0 Å². The lowest BCUT2D eigenvalue weighted by Crippen LogP contribution is -2.52. The number of H-pyrrole nitrogens is 1. The molecule has 4 aliphatic carbocycles. The van der Waals surface area contributed by atoms with Crippen molar-refractivity contribution in [3.63, 3.8) is 0 Å². The fourth-order valence-corrected chi connectivity index (χ4v) is 5.96. The maximum Gasteiger partial charge on any atom is 0.00430 e. The van der Waals surface area contributed by atoms with Crippen molar-refractivity contribution < 1.29 is 0 Å². The second-order valence-corrected chi connectivity index (χ2v) is 7.44. The van der Waals surface area contributed by atoms with Crippen LogP contribution in [0, 0.1) is 23.7 Å². The van der Waals surface area contributed by atoms with E-state index in [1.54, 1.807) is 5.56 Å². The van der Waals surface area contributed by atoms with Gasteiger partial charge in [-0.15, -0.1) is 0 Å². The van der Waals surface area contributed by atoms with Gasteiger partial charge in [0.05, 0.1) is 0 Å². The molecule has 2 unspecified atom stereocenters. The molecule has 2 heteroatoms. The number of aromatic amines is 1. The zero-order valence-electron chi connectivity index (χ0n) is 11.8. The Bertz CT molecular complexity index is 420. The first-order valence-corrected chi connectivity index (χ1v) is 8.14. The Kier molecular flexibility index (Phi) is 2.77. The molecule has 0 spiro atoms. The molecular weight excluding hydrogens is 232 g/mol. The van der Waals surface area contributed by atoms with Crippen LogP contribution in [0.1, 0.15) is 50.5 Å². The molecule has 0 saturated heterocycles. The van der Waals surface area contributed by atoms with Crippen LogP contribution in [0.15, 0.2) is 18.5 Å². The Hall–Kier alpha value is -0.760. The first-order chi connectivity index (χ1) is 9.31. The van der Waals surface area contributed by atoms with E-state index in [2.05, 4.69) is 23.4 Å². The van der Waals surface area contributed by atoms with Gasteiger partial charge in [-0.3, -0.25) is 0 Å². The average molecular weight is 258 g/mol. The van der Waals surface area contributed by atoms with E-state index in [1.807, 2.05) is 0 Å². The molecule has 104 valence electrons. The van der Waals surface area contributed by atoms with Gasteiger partial charge in [-0.1, -0.05) is 0 Å². The molecule has 0 amide bonds. The fraction of sp³-hybridized carbons (Fsp3) is 0.765. The Morgan fingerprint density at radius 1 is 1.21 bits per heavy atom. The largest absolute Gasteiger partial charge is 0.367 e. The van der Waals surface area contributed by atoms with Gasteiger partial charge in [-0.2, -0.15) is 0 Å². The molecule has 3 N–H and O–H groups in total. The van der Waals surface area contributed by atoms with Gasteiger partial charge < -0.3 is 10.7 Å². The molecule has 2 atom stereocenters. The molecule has 1 aromatic rings. The molecule has 0 aliphatic heterocycles. The second kappa shape index (κ2) is 4.37. The van der Waals surface area contributed by atoms with Crippen LogP contribution < -0.4 is 5.73 Å². The summed E-state index contributed by atoms with van der Waals surface area (Å²) in [6, 6.07) is 2.34. The Morgan fingerprint density at radius 3 is 2.63 bits per heavy atom. The molecule has 19 heavy (non-hydrogen) atoms. The zero-order chi connectivity index (χ0) is 12.9. The third-order valence-corrected chi connectivity index (χ3v) is 6.42. The van der Waals surface area contributed by atoms with E-state index < -0.39 is 0 Å². The Labute approximate surface area is 116 Å². The van der Waals surface area contributed by atoms with Gasteiger partial charge in [0, 0.05) is 12.4 Å². The summed E-state index contributed by atoms with van der Waals surface area (Å²) < 4.78 is 0. The van der Waals surface area contributed by atoms with Crippen LogP contribution in [0.25, 0.3) is 0 Å². The number of aromatic nitrogens is 1. The topological polar surface area (TPSA) is 41.8 Å². The standard InChI is InChI=1S/C17H26N2/c18-4-1-2-16-13-6-12-7-14(16)10-17(8-12,9-13)15-3-5-19-11-15/h3,5,11-14,16,19H,1-2,4,6-10,18H2. The predicted octanol–water partition coefficient (Wildman–Crippen LogP) is 3.45. The Balaban J connectivity index is 1.60. The summed E-state index contributed by atoms with van der Waals surface area (Å²) in [6.07, 6.45) is 14.4. The smallest absolute Gasteiger partial charge is 0.00430 e. The van der Waals surface area contributed by atoms with Gasteiger partial charge in [0.25, 0.3) is 0 Å². The van der Waals surface area contributed by atoms with E-state index in [0.29, 0.717) is 5.41 Å². The van der Waals surface area contributed by atoms with E-state index in [0.717, 1.165) is 30.2 Å². The van der Waals surface area contributed by atoms with Crippen molar-refractivity contribution in [1.29, 1.82) is 0 Å². The number of hydrogen-bond donors (Lipinski definition) is 2. The van der Waals surface area contributed by atoms with Crippen LogP contribution in [0.2, 0.25) is 0 Å². The number of nitrogens with two attached hydrogens (primary N) is 1. The van der Waals surface area contributed by atoms with Crippen molar-refractivity contribution in [2.75, 3.05) is 6.54 Å². The number of nitrogens with one attached hydrogen (secondary N) is 1. The summed E-state index contributed by atoms with van der Waals surface area (Å²) in [5.74, 6) is 3.99. The monoisotopic (exact) mass is 258 g/mol. The third-order valence-electron chi connectivity index (χ3n) is 6.42. The van der Waals surface area contributed by atoms with Crippen molar-refractivity contribution in [3.05, 3.63) is 24.0 Å². The van der Waals surface area contributed by atoms with E-state index in [4.69, 9.17) is 5.73 Å².